The molecule has 0 aromatic heterocycles. The minimum atomic E-state index is 0.783. The lowest BCUT2D eigenvalue weighted by molar-refractivity contribution is 0.0832. The summed E-state index contributed by atoms with van der Waals surface area (Å²) in [7, 11) is 0. The van der Waals surface area contributed by atoms with Gasteiger partial charge < -0.3 is 10.2 Å². The van der Waals surface area contributed by atoms with Crippen molar-refractivity contribution in [1.82, 2.24) is 20.0 Å². The summed E-state index contributed by atoms with van der Waals surface area (Å²) in [6.45, 7) is 14.3. The van der Waals surface area contributed by atoms with E-state index in [0.717, 1.165) is 23.9 Å². The number of nitrogens with zero attached hydrogens (tertiary/aromatic N) is 3. The van der Waals surface area contributed by atoms with Crippen LogP contribution in [0.25, 0.3) is 0 Å². The van der Waals surface area contributed by atoms with Gasteiger partial charge in [0.05, 0.1) is 0 Å². The maximum absolute atomic E-state index is 3.70. The second-order valence-corrected chi connectivity index (χ2v) is 8.98. The van der Waals surface area contributed by atoms with E-state index in [4.69, 9.17) is 0 Å². The van der Waals surface area contributed by atoms with Gasteiger partial charge in [-0.05, 0) is 83.1 Å². The molecule has 4 heterocycles. The molecule has 3 atom stereocenters. The van der Waals surface area contributed by atoms with Gasteiger partial charge in [-0.1, -0.05) is 6.92 Å². The Bertz CT molecular complexity index is 387. The first-order valence-corrected chi connectivity index (χ1v) is 10.7. The Morgan fingerprint density at radius 2 is 1.67 bits per heavy atom. The molecule has 0 aromatic rings. The van der Waals surface area contributed by atoms with E-state index in [1.54, 1.807) is 0 Å². The summed E-state index contributed by atoms with van der Waals surface area (Å²) >= 11 is 0. The van der Waals surface area contributed by atoms with Crippen LogP contribution >= 0.6 is 0 Å². The van der Waals surface area contributed by atoms with E-state index < -0.39 is 0 Å². The summed E-state index contributed by atoms with van der Waals surface area (Å²) < 4.78 is 0. The number of piperidine rings is 2. The lowest BCUT2D eigenvalue weighted by Gasteiger charge is -2.42. The Labute approximate surface area is 148 Å². The molecule has 0 aliphatic carbocycles. The lowest BCUT2D eigenvalue weighted by Crippen LogP contribution is -2.54. The molecule has 0 radical (unpaired) electrons. The smallest absolute Gasteiger partial charge is 0.0262 e. The summed E-state index contributed by atoms with van der Waals surface area (Å²) in [6.07, 6.45) is 8.47. The van der Waals surface area contributed by atoms with Crippen molar-refractivity contribution in [3.8, 4) is 0 Å². The van der Waals surface area contributed by atoms with Crippen LogP contribution in [0, 0.1) is 11.8 Å². The fourth-order valence-corrected chi connectivity index (χ4v) is 5.59. The first kappa shape index (κ1) is 17.3. The average Bonchev–Trinajstić information content (AvgIpc) is 3.28. The van der Waals surface area contributed by atoms with Crippen LogP contribution in [0.2, 0.25) is 0 Å². The van der Waals surface area contributed by atoms with E-state index in [-0.39, 0.29) is 0 Å². The molecular weight excluding hydrogens is 296 g/mol. The van der Waals surface area contributed by atoms with Crippen molar-refractivity contribution < 1.29 is 0 Å². The van der Waals surface area contributed by atoms with Gasteiger partial charge in [-0.3, -0.25) is 9.80 Å². The summed E-state index contributed by atoms with van der Waals surface area (Å²) in [5.41, 5.74) is 0. The molecule has 4 nitrogen and oxygen atoms in total. The molecule has 0 aromatic carbocycles. The highest BCUT2D eigenvalue weighted by Gasteiger charge is 2.37. The van der Waals surface area contributed by atoms with Crippen molar-refractivity contribution in [3.05, 3.63) is 0 Å². The van der Waals surface area contributed by atoms with Crippen molar-refractivity contribution in [2.24, 2.45) is 11.8 Å². The Morgan fingerprint density at radius 3 is 2.46 bits per heavy atom. The van der Waals surface area contributed by atoms with Crippen LogP contribution in [-0.4, -0.2) is 85.7 Å². The fraction of sp³-hybridized carbons (Fsp3) is 1.00. The fourth-order valence-electron chi connectivity index (χ4n) is 5.59. The molecule has 138 valence electrons. The maximum atomic E-state index is 3.70. The van der Waals surface area contributed by atoms with Crippen LogP contribution < -0.4 is 5.32 Å². The zero-order chi connectivity index (χ0) is 16.4. The molecule has 1 N–H and O–H groups in total. The lowest BCUT2D eigenvalue weighted by atomic mass is 9.89. The number of hydrogen-bond donors (Lipinski definition) is 1. The third kappa shape index (κ3) is 3.98. The van der Waals surface area contributed by atoms with E-state index in [1.807, 2.05) is 0 Å². The molecule has 0 amide bonds. The number of rotatable bonds is 4. The van der Waals surface area contributed by atoms with Gasteiger partial charge >= 0.3 is 0 Å². The minimum absolute atomic E-state index is 0.783. The molecule has 4 heteroatoms. The van der Waals surface area contributed by atoms with Crippen LogP contribution in [0.5, 0.6) is 0 Å². The van der Waals surface area contributed by atoms with E-state index in [2.05, 4.69) is 26.9 Å². The monoisotopic (exact) mass is 334 g/mol. The molecule has 24 heavy (non-hydrogen) atoms. The maximum Gasteiger partial charge on any atom is 0.0262 e. The van der Waals surface area contributed by atoms with Crippen molar-refractivity contribution in [2.75, 3.05) is 58.9 Å². The van der Waals surface area contributed by atoms with Crippen LogP contribution in [-0.2, 0) is 0 Å². The first-order chi connectivity index (χ1) is 11.8. The van der Waals surface area contributed by atoms with Crippen molar-refractivity contribution in [2.45, 2.75) is 57.5 Å². The third-order valence-corrected chi connectivity index (χ3v) is 7.28. The SMILES string of the molecule is CC1CCN(CC2CCNCC2N2CCC(N3CCCC3)C2)CC1. The summed E-state index contributed by atoms with van der Waals surface area (Å²) in [6, 6.07) is 1.64. The summed E-state index contributed by atoms with van der Waals surface area (Å²) in [5.74, 6) is 1.84. The quantitative estimate of drug-likeness (QED) is 0.847. The molecule has 0 spiro atoms. The molecular formula is C20H38N4. The second-order valence-electron chi connectivity index (χ2n) is 8.98. The molecule has 4 saturated heterocycles. The number of nitrogens with one attached hydrogen (secondary N) is 1. The van der Waals surface area contributed by atoms with Gasteiger partial charge in [-0.15, -0.1) is 0 Å². The highest BCUT2D eigenvalue weighted by atomic mass is 15.3. The van der Waals surface area contributed by atoms with E-state index in [0.29, 0.717) is 0 Å². The number of likely N-dealkylation sites (tertiary alicyclic amines) is 3. The van der Waals surface area contributed by atoms with E-state index in [1.165, 1.54) is 97.4 Å². The Balaban J connectivity index is 1.32. The average molecular weight is 335 g/mol. The van der Waals surface area contributed by atoms with Crippen molar-refractivity contribution in [1.29, 1.82) is 0 Å². The van der Waals surface area contributed by atoms with Crippen LogP contribution in [0.3, 0.4) is 0 Å². The van der Waals surface area contributed by atoms with E-state index in [9.17, 15) is 0 Å². The third-order valence-electron chi connectivity index (χ3n) is 7.28. The standard InChI is InChI=1S/C20H38N4/c1-17-5-11-22(12-6-17)15-18-4-8-21-14-20(18)24-13-7-19(16-24)23-9-2-3-10-23/h17-21H,2-16H2,1H3. The van der Waals surface area contributed by atoms with Crippen molar-refractivity contribution in [3.63, 3.8) is 0 Å². The van der Waals surface area contributed by atoms with Gasteiger partial charge in [0, 0.05) is 38.3 Å². The Morgan fingerprint density at radius 1 is 0.875 bits per heavy atom. The van der Waals surface area contributed by atoms with Gasteiger partial charge in [0.25, 0.3) is 0 Å². The zero-order valence-electron chi connectivity index (χ0n) is 15.8. The van der Waals surface area contributed by atoms with Crippen LogP contribution in [0.1, 0.15) is 45.4 Å². The second kappa shape index (κ2) is 8.03. The topological polar surface area (TPSA) is 21.8 Å². The minimum Gasteiger partial charge on any atom is -0.315 e. The molecule has 3 unspecified atom stereocenters. The zero-order valence-corrected chi connectivity index (χ0v) is 15.8. The first-order valence-electron chi connectivity index (χ1n) is 10.7. The normalized spacial score (nSPS) is 38.1. The van der Waals surface area contributed by atoms with Gasteiger partial charge in [0.2, 0.25) is 0 Å². The van der Waals surface area contributed by atoms with Gasteiger partial charge in [0.15, 0.2) is 0 Å². The van der Waals surface area contributed by atoms with Crippen LogP contribution in [0.4, 0.5) is 0 Å². The van der Waals surface area contributed by atoms with Gasteiger partial charge in [-0.25, -0.2) is 0 Å². The molecule has 0 saturated carbocycles. The Hall–Kier alpha value is -0.160. The van der Waals surface area contributed by atoms with Gasteiger partial charge in [-0.2, -0.15) is 0 Å². The molecule has 4 aliphatic rings. The van der Waals surface area contributed by atoms with Gasteiger partial charge in [0.1, 0.15) is 0 Å². The summed E-state index contributed by atoms with van der Waals surface area (Å²) in [4.78, 5) is 8.40. The molecule has 4 fully saturated rings. The number of hydrogen-bond acceptors (Lipinski definition) is 4. The molecule has 0 bridgehead atoms. The summed E-state index contributed by atoms with van der Waals surface area (Å²) in [5, 5.41) is 3.70. The molecule has 4 rings (SSSR count). The predicted molar refractivity (Wildman–Crippen MR) is 100 cm³/mol. The van der Waals surface area contributed by atoms with E-state index >= 15 is 0 Å². The Kier molecular flexibility index (Phi) is 5.77. The largest absolute Gasteiger partial charge is 0.315 e. The predicted octanol–water partition coefficient (Wildman–Crippen LogP) is 1.87. The highest BCUT2D eigenvalue weighted by Crippen LogP contribution is 2.28. The highest BCUT2D eigenvalue weighted by molar-refractivity contribution is 4.94. The molecule has 4 aliphatic heterocycles. The van der Waals surface area contributed by atoms with Crippen molar-refractivity contribution >= 4 is 0 Å². The van der Waals surface area contributed by atoms with Crippen LogP contribution in [0.15, 0.2) is 0 Å².